The lowest BCUT2D eigenvalue weighted by Gasteiger charge is -2.46. The van der Waals surface area contributed by atoms with Gasteiger partial charge >= 0.3 is 0 Å². The van der Waals surface area contributed by atoms with Gasteiger partial charge in [-0.05, 0) is 134 Å². The molecule has 0 spiro atoms. The first kappa shape index (κ1) is 43.6. The number of hydrogen-bond acceptors (Lipinski definition) is 4. The van der Waals surface area contributed by atoms with Crippen molar-refractivity contribution in [2.45, 2.75) is 52.4 Å². The molecule has 0 saturated carbocycles. The molecule has 10 aromatic carbocycles. The molecule has 3 aliphatic heterocycles. The predicted octanol–water partition coefficient (Wildman–Crippen LogP) is 16.8. The number of fused-ring (bicyclic) bond motifs is 15. The fraction of sp³-hybridized carbons (Fsp3) is 0.116. The van der Waals surface area contributed by atoms with E-state index in [2.05, 4.69) is 261 Å². The zero-order chi connectivity index (χ0) is 51.1. The van der Waals surface area contributed by atoms with E-state index in [4.69, 9.17) is 0 Å². The summed E-state index contributed by atoms with van der Waals surface area (Å²) in [6.45, 7) is 13.7. The fourth-order valence-electron chi connectivity index (χ4n) is 13.4. The third kappa shape index (κ3) is 5.85. The molecule has 0 aliphatic carbocycles. The molecule has 16 rings (SSSR count). The van der Waals surface area contributed by atoms with E-state index in [1.165, 1.54) is 102 Å². The zero-order valence-electron chi connectivity index (χ0n) is 43.2. The first-order chi connectivity index (χ1) is 36.9. The normalized spacial score (nSPS) is 13.6. The van der Waals surface area contributed by atoms with E-state index in [1.54, 1.807) is 0 Å². The zero-order valence-corrected chi connectivity index (χ0v) is 44.0. The molecule has 360 valence electrons. The van der Waals surface area contributed by atoms with Crippen molar-refractivity contribution in [2.24, 2.45) is 0 Å². The minimum atomic E-state index is -0.126. The van der Waals surface area contributed by atoms with Crippen molar-refractivity contribution in [1.29, 1.82) is 5.26 Å². The van der Waals surface area contributed by atoms with Crippen LogP contribution in [-0.4, -0.2) is 15.8 Å². The largest absolute Gasteiger partial charge is 0.311 e. The molecule has 0 unspecified atom stereocenters. The first-order valence-electron chi connectivity index (χ1n) is 26.5. The van der Waals surface area contributed by atoms with Crippen molar-refractivity contribution < 1.29 is 0 Å². The van der Waals surface area contributed by atoms with Crippen LogP contribution in [-0.2, 0) is 10.8 Å². The summed E-state index contributed by atoms with van der Waals surface area (Å²) in [5.41, 5.74) is 22.8. The molecule has 6 heterocycles. The lowest BCUT2D eigenvalue weighted by Crippen LogP contribution is -2.61. The predicted molar refractivity (Wildman–Crippen MR) is 323 cm³/mol. The quantitative estimate of drug-likeness (QED) is 0.166. The minimum Gasteiger partial charge on any atom is -0.311 e. The lowest BCUT2D eigenvalue weighted by atomic mass is 9.33. The summed E-state index contributed by atoms with van der Waals surface area (Å²) >= 11 is 1.86. The molecule has 5 nitrogen and oxygen atoms in total. The van der Waals surface area contributed by atoms with Gasteiger partial charge in [0.25, 0.3) is 6.71 Å². The number of hydrogen-bond donors (Lipinski definition) is 0. The molecule has 0 radical (unpaired) electrons. The van der Waals surface area contributed by atoms with E-state index >= 15 is 0 Å². The smallest absolute Gasteiger partial charge is 0.252 e. The number of anilines is 6. The van der Waals surface area contributed by atoms with E-state index < -0.39 is 0 Å². The molecule has 0 saturated heterocycles. The van der Waals surface area contributed by atoms with Gasteiger partial charge in [-0.2, -0.15) is 5.26 Å². The maximum atomic E-state index is 11.1. The second-order valence-electron chi connectivity index (χ2n) is 23.3. The molecule has 0 N–H and O–H groups in total. The molecule has 0 fully saturated rings. The van der Waals surface area contributed by atoms with Crippen LogP contribution in [0, 0.1) is 11.3 Å². The van der Waals surface area contributed by atoms with Gasteiger partial charge in [-0.15, -0.1) is 11.3 Å². The minimum absolute atomic E-state index is 0.0141. The van der Waals surface area contributed by atoms with Gasteiger partial charge < -0.3 is 18.9 Å². The SMILES string of the molecule is CC(C)(C)c1ccc2c(c1)c1cc(C(C)(C)C)ccc1n2-c1ccc2c(c1)N(c1ccc(-c3cccc4c3sc3ccccc34)cc1)c1cc(C#N)cc3c1B2c1cccc2c1N3c1cccc3c4ccccc4n-2c13. The van der Waals surface area contributed by atoms with Crippen molar-refractivity contribution in [3.05, 3.63) is 211 Å². The van der Waals surface area contributed by atoms with Gasteiger partial charge in [-0.25, -0.2) is 0 Å². The molecule has 76 heavy (non-hydrogen) atoms. The molecule has 13 aromatic rings. The molecular formula is C69H50BN5S. The Morgan fingerprint density at radius 3 is 1.80 bits per heavy atom. The molecule has 0 bridgehead atoms. The van der Waals surface area contributed by atoms with Gasteiger partial charge in [0, 0.05) is 70.2 Å². The van der Waals surface area contributed by atoms with Crippen molar-refractivity contribution in [3.63, 3.8) is 0 Å². The Morgan fingerprint density at radius 1 is 0.447 bits per heavy atom. The van der Waals surface area contributed by atoms with Crippen LogP contribution in [0.3, 0.4) is 0 Å². The molecule has 3 aliphatic rings. The van der Waals surface area contributed by atoms with E-state index in [9.17, 15) is 5.26 Å². The monoisotopic (exact) mass is 991 g/mol. The standard InChI is InChI=1S/C69H50BN5S/c1-68(2,3)42-26-32-56-51(36-42)52-37-43(69(4,5)6)27-33-57(52)73(56)45-30-31-53-60(38-45)72(44-28-24-41(25-29-44)46-16-11-18-50-48-15-8-10-23-63(48)76-67(46)50)61-34-40(39-71)35-62-64(61)70(53)54-19-13-22-59-66(54)75(62)58-21-12-17-49-47-14-7-9-20-55(47)74(59)65(49)58/h7-38H,1-6H3. The van der Waals surface area contributed by atoms with Crippen LogP contribution in [0.1, 0.15) is 58.2 Å². The number of para-hydroxylation sites is 3. The van der Waals surface area contributed by atoms with Crippen LogP contribution in [0.25, 0.3) is 86.3 Å². The molecule has 0 atom stereocenters. The topological polar surface area (TPSA) is 40.1 Å². The van der Waals surface area contributed by atoms with Gasteiger partial charge in [0.05, 0.1) is 50.8 Å². The summed E-state index contributed by atoms with van der Waals surface area (Å²) in [6.07, 6.45) is 0. The van der Waals surface area contributed by atoms with Crippen LogP contribution >= 0.6 is 11.3 Å². The second-order valence-corrected chi connectivity index (χ2v) is 24.3. The number of aromatic nitrogens is 2. The van der Waals surface area contributed by atoms with E-state index in [0.717, 1.165) is 45.5 Å². The highest BCUT2D eigenvalue weighted by molar-refractivity contribution is 7.26. The highest BCUT2D eigenvalue weighted by Gasteiger charge is 2.46. The summed E-state index contributed by atoms with van der Waals surface area (Å²) in [6, 6.07) is 75.3. The Kier molecular flexibility index (Phi) is 8.69. The Bertz CT molecular complexity index is 4690. The summed E-state index contributed by atoms with van der Waals surface area (Å²) in [4.78, 5) is 4.93. The van der Waals surface area contributed by atoms with Crippen LogP contribution in [0.5, 0.6) is 0 Å². The van der Waals surface area contributed by atoms with Crippen molar-refractivity contribution in [1.82, 2.24) is 9.13 Å². The second kappa shape index (κ2) is 15.2. The fourth-order valence-corrected chi connectivity index (χ4v) is 14.6. The molecule has 0 amide bonds. The highest BCUT2D eigenvalue weighted by atomic mass is 32.1. The average molecular weight is 992 g/mol. The van der Waals surface area contributed by atoms with Crippen LogP contribution < -0.4 is 26.2 Å². The van der Waals surface area contributed by atoms with Gasteiger partial charge in [0.1, 0.15) is 0 Å². The third-order valence-corrected chi connectivity index (χ3v) is 18.2. The van der Waals surface area contributed by atoms with Crippen LogP contribution in [0.2, 0.25) is 0 Å². The van der Waals surface area contributed by atoms with E-state index in [0.29, 0.717) is 5.56 Å². The third-order valence-electron chi connectivity index (χ3n) is 16.9. The number of benzene rings is 10. The summed E-state index contributed by atoms with van der Waals surface area (Å²) in [5.74, 6) is 0. The first-order valence-corrected chi connectivity index (χ1v) is 27.3. The Morgan fingerprint density at radius 2 is 1.07 bits per heavy atom. The maximum Gasteiger partial charge on any atom is 0.252 e. The Balaban J connectivity index is 0.973. The summed E-state index contributed by atoms with van der Waals surface area (Å²) < 4.78 is 7.56. The van der Waals surface area contributed by atoms with Gasteiger partial charge in [0.15, 0.2) is 0 Å². The molecule has 3 aromatic heterocycles. The average Bonchev–Trinajstić information content (AvgIpc) is 4.18. The molecular weight excluding hydrogens is 942 g/mol. The molecule has 7 heteroatoms. The van der Waals surface area contributed by atoms with Gasteiger partial charge in [0.2, 0.25) is 0 Å². The number of thiophene rings is 1. The van der Waals surface area contributed by atoms with Crippen molar-refractivity contribution in [3.8, 4) is 28.6 Å². The van der Waals surface area contributed by atoms with E-state index in [-0.39, 0.29) is 17.5 Å². The number of nitriles is 1. The van der Waals surface area contributed by atoms with Gasteiger partial charge in [-0.3, -0.25) is 0 Å². The van der Waals surface area contributed by atoms with Crippen LogP contribution in [0.4, 0.5) is 34.1 Å². The summed E-state index contributed by atoms with van der Waals surface area (Å²) in [5, 5.41) is 18.7. The highest BCUT2D eigenvalue weighted by Crippen LogP contribution is 2.53. The van der Waals surface area contributed by atoms with E-state index in [1.807, 2.05) is 11.3 Å². The number of nitrogens with zero attached hydrogens (tertiary/aromatic N) is 5. The number of rotatable bonds is 3. The lowest BCUT2D eigenvalue weighted by molar-refractivity contribution is 0.590. The Hall–Kier alpha value is -8.83. The van der Waals surface area contributed by atoms with Gasteiger partial charge in [-0.1, -0.05) is 151 Å². The van der Waals surface area contributed by atoms with Crippen molar-refractivity contribution >= 4 is 132 Å². The maximum absolute atomic E-state index is 11.1. The Labute approximate surface area is 445 Å². The van der Waals surface area contributed by atoms with Crippen LogP contribution in [0.15, 0.2) is 194 Å². The summed E-state index contributed by atoms with van der Waals surface area (Å²) in [7, 11) is 0. The van der Waals surface area contributed by atoms with Crippen molar-refractivity contribution in [2.75, 3.05) is 9.80 Å².